The third-order valence-electron chi connectivity index (χ3n) is 12.9. The number of carbonyl (C=O) groups is 2. The lowest BCUT2D eigenvalue weighted by Crippen LogP contribution is -2.36. The van der Waals surface area contributed by atoms with E-state index in [1.54, 1.807) is 24.3 Å². The summed E-state index contributed by atoms with van der Waals surface area (Å²) in [6.07, 6.45) is -5.23. The summed E-state index contributed by atoms with van der Waals surface area (Å²) in [7, 11) is -2.83. The molecule has 404 valence electrons. The minimum atomic E-state index is -3.72. The van der Waals surface area contributed by atoms with Crippen LogP contribution in [-0.2, 0) is 42.4 Å². The number of thiazole rings is 2. The van der Waals surface area contributed by atoms with Crippen molar-refractivity contribution in [2.75, 3.05) is 10.6 Å². The summed E-state index contributed by atoms with van der Waals surface area (Å²) in [5.74, 6) is -0.909. The Morgan fingerprint density at radius 2 is 0.921 bits per heavy atom. The number of ether oxygens (including phenoxy) is 4. The van der Waals surface area contributed by atoms with Crippen LogP contribution in [0.3, 0.4) is 0 Å². The van der Waals surface area contributed by atoms with Crippen LogP contribution in [-0.4, -0.2) is 52.3 Å². The number of rotatable bonds is 14. The predicted molar refractivity (Wildman–Crippen MR) is 287 cm³/mol. The average molecular weight is 1160 g/mol. The van der Waals surface area contributed by atoms with Crippen LogP contribution in [0.5, 0.6) is 23.0 Å². The molecule has 24 heteroatoms. The van der Waals surface area contributed by atoms with E-state index in [1.165, 1.54) is 46.9 Å². The van der Waals surface area contributed by atoms with Crippen molar-refractivity contribution in [3.05, 3.63) is 138 Å². The molecule has 0 radical (unpaired) electrons. The number of benzene rings is 4. The molecule has 2 saturated carbocycles. The summed E-state index contributed by atoms with van der Waals surface area (Å²) in [6, 6.07) is 22.4. The van der Waals surface area contributed by atoms with Crippen LogP contribution in [0.1, 0.15) is 123 Å². The summed E-state index contributed by atoms with van der Waals surface area (Å²) in [4.78, 5) is 37.5. The molecule has 2 fully saturated rings. The first kappa shape index (κ1) is 55.6. The molecule has 0 saturated heterocycles. The van der Waals surface area contributed by atoms with E-state index in [0.29, 0.717) is 68.5 Å². The van der Waals surface area contributed by atoms with Gasteiger partial charge in [0.15, 0.2) is 33.3 Å². The molecule has 4 atom stereocenters. The smallest absolute Gasteiger partial charge is 0.395 e. The molecule has 4 heterocycles. The number of hydrogen-bond donors (Lipinski definition) is 4. The standard InChI is InChI=1S/2C26H26ClF2N3O4S2/c2*1-14-21(20(32-38(34)24(2,3)4)16-7-5-6-8-17(16)27)37-23(30-14)31-22(33)25(11-12-25)15-9-10-18-19(13-15)36-26(28,29)35-18/h2*5-10,13,20,32H,11-12H2,1-4H3,(H,30,31,33)/t20-,38+;20-,38-/m01/s1. The highest BCUT2D eigenvalue weighted by Crippen LogP contribution is 2.54. The lowest BCUT2D eigenvalue weighted by atomic mass is 9.94. The Morgan fingerprint density at radius 3 is 1.25 bits per heavy atom. The highest BCUT2D eigenvalue weighted by molar-refractivity contribution is 7.84. The molecule has 2 aromatic heterocycles. The molecule has 0 unspecified atom stereocenters. The van der Waals surface area contributed by atoms with Crippen LogP contribution in [0.2, 0.25) is 10.0 Å². The van der Waals surface area contributed by atoms with Gasteiger partial charge in [-0.3, -0.25) is 9.59 Å². The lowest BCUT2D eigenvalue weighted by Gasteiger charge is -2.25. The number of amides is 2. The van der Waals surface area contributed by atoms with E-state index in [9.17, 15) is 35.6 Å². The molecule has 0 bridgehead atoms. The van der Waals surface area contributed by atoms with Crippen molar-refractivity contribution in [2.24, 2.45) is 0 Å². The monoisotopic (exact) mass is 1160 g/mol. The number of anilines is 2. The van der Waals surface area contributed by atoms with Gasteiger partial charge in [-0.05, 0) is 140 Å². The Hall–Kier alpha value is -5.20. The third-order valence-corrected chi connectivity index (χ3v) is 19.0. The fourth-order valence-electron chi connectivity index (χ4n) is 8.43. The summed E-state index contributed by atoms with van der Waals surface area (Å²) in [5, 5.41) is 7.59. The Balaban J connectivity index is 0.000000186. The molecular formula is C52H52Cl2F4N6O8S4. The number of hydrogen-bond acceptors (Lipinski definition) is 12. The van der Waals surface area contributed by atoms with Gasteiger partial charge in [-0.15, -0.1) is 17.6 Å². The zero-order valence-corrected chi connectivity index (χ0v) is 46.9. The second-order valence-electron chi connectivity index (χ2n) is 20.6. The first-order valence-electron chi connectivity index (χ1n) is 23.8. The molecular weight excluding hydrogens is 1110 g/mol. The zero-order chi connectivity index (χ0) is 54.9. The van der Waals surface area contributed by atoms with Crippen molar-refractivity contribution in [3.8, 4) is 23.0 Å². The lowest BCUT2D eigenvalue weighted by molar-refractivity contribution is -0.287. The summed E-state index contributed by atoms with van der Waals surface area (Å²) in [6.45, 7) is 14.9. The summed E-state index contributed by atoms with van der Waals surface area (Å²) in [5.41, 5.74) is 2.19. The highest BCUT2D eigenvalue weighted by Gasteiger charge is 2.54. The van der Waals surface area contributed by atoms with Crippen molar-refractivity contribution in [1.29, 1.82) is 0 Å². The van der Waals surface area contributed by atoms with Crippen molar-refractivity contribution in [2.45, 2.75) is 126 Å². The highest BCUT2D eigenvalue weighted by atomic mass is 35.5. The number of carbonyl (C=O) groups excluding carboxylic acids is 2. The molecule has 10 rings (SSSR count). The summed E-state index contributed by atoms with van der Waals surface area (Å²) < 4.78 is 103. The number of halogens is 6. The van der Waals surface area contributed by atoms with Gasteiger partial charge in [0.1, 0.15) is 0 Å². The number of alkyl halides is 4. The quantitative estimate of drug-likeness (QED) is 0.0767. The predicted octanol–water partition coefficient (Wildman–Crippen LogP) is 12.5. The number of fused-ring (bicyclic) bond motifs is 2. The van der Waals surface area contributed by atoms with Gasteiger partial charge < -0.3 is 29.6 Å². The maximum absolute atomic E-state index is 13.5. The SMILES string of the molecule is Cc1nc(NC(=O)C2(c3ccc4c(c3)OC(F)(F)O4)CC2)sc1[C@@H](N[S@](=O)C(C)(C)C)c1ccccc1Cl.Cc1nc(NC(=O)C2(c3ccc4c(c3)OC(F)(F)O4)CC2)sc1[C@H](N[S@](=O)C(C)(C)C)c1ccccc1Cl. The zero-order valence-electron chi connectivity index (χ0n) is 42.1. The van der Waals surface area contributed by atoms with Crippen molar-refractivity contribution in [3.63, 3.8) is 0 Å². The fraction of sp³-hybridized carbons (Fsp3) is 0.385. The first-order chi connectivity index (χ1) is 35.6. The van der Waals surface area contributed by atoms with Crippen LogP contribution < -0.4 is 39.0 Å². The Labute approximate surface area is 459 Å². The minimum Gasteiger partial charge on any atom is -0.395 e. The number of aromatic nitrogens is 2. The molecule has 6 aromatic rings. The first-order valence-corrected chi connectivity index (χ1v) is 28.5. The molecule has 4 aromatic carbocycles. The molecule has 2 amide bonds. The fourth-order valence-corrected chi connectivity index (χ4v) is 12.8. The van der Waals surface area contributed by atoms with E-state index in [4.69, 9.17) is 23.2 Å². The Bertz CT molecular complexity index is 3090. The number of nitrogens with one attached hydrogen (secondary N) is 4. The van der Waals surface area contributed by atoms with Gasteiger partial charge in [0.2, 0.25) is 11.8 Å². The minimum absolute atomic E-state index is 0.0686. The van der Waals surface area contributed by atoms with Gasteiger partial charge in [0, 0.05) is 10.0 Å². The van der Waals surface area contributed by atoms with Gasteiger partial charge in [-0.1, -0.05) is 94.4 Å². The van der Waals surface area contributed by atoms with E-state index in [2.05, 4.69) is 49.0 Å². The molecule has 2 aliphatic heterocycles. The maximum Gasteiger partial charge on any atom is 0.586 e. The van der Waals surface area contributed by atoms with E-state index >= 15 is 0 Å². The van der Waals surface area contributed by atoms with Gasteiger partial charge in [0.25, 0.3) is 0 Å². The molecule has 4 aliphatic rings. The maximum atomic E-state index is 13.5. The van der Waals surface area contributed by atoms with Gasteiger partial charge >= 0.3 is 12.6 Å². The van der Waals surface area contributed by atoms with Gasteiger partial charge in [-0.25, -0.2) is 27.8 Å². The largest absolute Gasteiger partial charge is 0.586 e. The van der Waals surface area contributed by atoms with Gasteiger partial charge in [-0.2, -0.15) is 0 Å². The Kier molecular flexibility index (Phi) is 15.0. The molecule has 14 nitrogen and oxygen atoms in total. The molecule has 2 aliphatic carbocycles. The van der Waals surface area contributed by atoms with Crippen LogP contribution in [0.4, 0.5) is 27.8 Å². The Morgan fingerprint density at radius 1 is 0.579 bits per heavy atom. The topological polar surface area (TPSA) is 179 Å². The van der Waals surface area contributed by atoms with E-state index in [-0.39, 0.29) is 34.8 Å². The van der Waals surface area contributed by atoms with E-state index in [0.717, 1.165) is 20.9 Å². The number of aryl methyl sites for hydroxylation is 2. The summed E-state index contributed by atoms with van der Waals surface area (Å²) >= 11 is 15.6. The van der Waals surface area contributed by atoms with Crippen molar-refractivity contribution < 1.29 is 54.5 Å². The number of nitrogens with zero attached hydrogens (tertiary/aromatic N) is 2. The van der Waals surface area contributed by atoms with Crippen molar-refractivity contribution in [1.82, 2.24) is 19.4 Å². The van der Waals surface area contributed by atoms with Crippen LogP contribution in [0.25, 0.3) is 0 Å². The second-order valence-corrected chi connectivity index (χ2v) is 27.4. The van der Waals surface area contributed by atoms with Crippen LogP contribution in [0, 0.1) is 13.8 Å². The normalized spacial score (nSPS) is 18.6. The van der Waals surface area contributed by atoms with E-state index in [1.807, 2.05) is 91.8 Å². The van der Waals surface area contributed by atoms with E-state index < -0.39 is 67.0 Å². The average Bonchev–Trinajstić information content (AvgIpc) is 4.20. The molecule has 4 N–H and O–H groups in total. The van der Waals surface area contributed by atoms with Crippen LogP contribution in [0.15, 0.2) is 84.9 Å². The molecule has 0 spiro atoms. The van der Waals surface area contributed by atoms with Crippen LogP contribution >= 0.6 is 45.9 Å². The third kappa shape index (κ3) is 11.6. The second kappa shape index (κ2) is 20.5. The molecule has 76 heavy (non-hydrogen) atoms. The van der Waals surface area contributed by atoms with Gasteiger partial charge in [0.05, 0.1) is 75.5 Å². The van der Waals surface area contributed by atoms with Crippen molar-refractivity contribution >= 4 is 89.9 Å².